The Morgan fingerprint density at radius 2 is 1.73 bits per heavy atom. The Labute approximate surface area is 203 Å². The number of piperidine rings is 2. The number of anilines is 1. The molecule has 2 saturated heterocycles. The van der Waals surface area contributed by atoms with Gasteiger partial charge in [-0.15, -0.1) is 0 Å². The van der Waals surface area contributed by atoms with E-state index in [0.29, 0.717) is 41.8 Å². The van der Waals surface area contributed by atoms with E-state index in [4.69, 9.17) is 16.3 Å². The number of hydrogen-bond donors (Lipinski definition) is 0. The molecule has 1 aliphatic carbocycles. The minimum Gasteiger partial charge on any atom is -0.381 e. The van der Waals surface area contributed by atoms with Crippen molar-refractivity contribution in [2.24, 2.45) is 23.7 Å². The maximum absolute atomic E-state index is 12.4. The quantitative estimate of drug-likeness (QED) is 0.455. The summed E-state index contributed by atoms with van der Waals surface area (Å²) in [5.74, 6) is 3.31. The smallest absolute Gasteiger partial charge is 0.225 e. The number of hydrogen-bond acceptors (Lipinski definition) is 6. The summed E-state index contributed by atoms with van der Waals surface area (Å²) < 4.78 is 32.6. The highest BCUT2D eigenvalue weighted by Crippen LogP contribution is 2.38. The highest BCUT2D eigenvalue weighted by atomic mass is 35.5. The molecule has 9 heteroatoms. The van der Waals surface area contributed by atoms with Gasteiger partial charge < -0.3 is 9.64 Å². The Hall–Kier alpha value is -1.22. The molecule has 2 aliphatic heterocycles. The van der Waals surface area contributed by atoms with Crippen molar-refractivity contribution in [3.8, 4) is 0 Å². The zero-order chi connectivity index (χ0) is 23.3. The summed E-state index contributed by atoms with van der Waals surface area (Å²) in [5, 5.41) is 0.568. The van der Waals surface area contributed by atoms with Crippen molar-refractivity contribution in [2.45, 2.75) is 45.4 Å². The summed E-state index contributed by atoms with van der Waals surface area (Å²) in [6.45, 7) is 6.78. The van der Waals surface area contributed by atoms with Crippen molar-refractivity contribution >= 4 is 27.6 Å². The van der Waals surface area contributed by atoms with Crippen LogP contribution in [-0.4, -0.2) is 67.8 Å². The minimum atomic E-state index is -3.07. The van der Waals surface area contributed by atoms with Crippen LogP contribution in [0.25, 0.3) is 0 Å². The molecule has 1 aromatic heterocycles. The monoisotopic (exact) mass is 496 g/mol. The van der Waals surface area contributed by atoms with Gasteiger partial charge in [-0.2, -0.15) is 0 Å². The molecule has 2 fully saturated rings. The van der Waals surface area contributed by atoms with Crippen molar-refractivity contribution in [2.75, 3.05) is 50.0 Å². The first-order valence-electron chi connectivity index (χ1n) is 12.4. The Morgan fingerprint density at radius 1 is 1.03 bits per heavy atom. The largest absolute Gasteiger partial charge is 0.381 e. The van der Waals surface area contributed by atoms with E-state index in [1.807, 2.05) is 6.92 Å². The van der Waals surface area contributed by atoms with Crippen molar-refractivity contribution in [1.82, 2.24) is 14.3 Å². The average Bonchev–Trinajstić information content (AvgIpc) is 2.81. The van der Waals surface area contributed by atoms with E-state index in [2.05, 4.69) is 27.0 Å². The first-order valence-corrected chi connectivity index (χ1v) is 14.4. The van der Waals surface area contributed by atoms with E-state index in [0.717, 1.165) is 70.8 Å². The van der Waals surface area contributed by atoms with Crippen LogP contribution in [0, 0.1) is 23.7 Å². The zero-order valence-corrected chi connectivity index (χ0v) is 21.2. The van der Waals surface area contributed by atoms with E-state index >= 15 is 0 Å². The lowest BCUT2D eigenvalue weighted by molar-refractivity contribution is 0.0434. The van der Waals surface area contributed by atoms with Gasteiger partial charge in [-0.25, -0.2) is 22.7 Å². The molecule has 0 N–H and O–H groups in total. The number of aromatic nitrogens is 2. The van der Waals surface area contributed by atoms with Crippen molar-refractivity contribution in [3.63, 3.8) is 0 Å². The van der Waals surface area contributed by atoms with Gasteiger partial charge >= 0.3 is 0 Å². The molecule has 0 aromatic carbocycles. The standard InChI is InChI=1S/C24H37ClN4O3S/c1-2-3-14-33(30,31)29-12-6-19(7-13-29)17-32-18-21-4-5-23(21)20-8-10-28(11-9-20)24-26-15-22(25)16-27-24/h4-5,15-16,19-21,23H,2-3,6-14,17-18H2,1H3/t21-,23+/m0/s1. The number of sulfonamides is 1. The lowest BCUT2D eigenvalue weighted by atomic mass is 9.71. The minimum absolute atomic E-state index is 0.283. The molecule has 0 bridgehead atoms. The SMILES string of the molecule is CCCCS(=O)(=O)N1CCC(COC[C@@H]2C=C[C@@H]2C2CCN(c3ncc(Cl)cn3)CC2)CC1. The molecule has 0 saturated carbocycles. The summed E-state index contributed by atoms with van der Waals surface area (Å²) in [6.07, 6.45) is 13.7. The van der Waals surface area contributed by atoms with Crippen LogP contribution in [0.1, 0.15) is 45.4 Å². The Kier molecular flexibility index (Phi) is 8.65. The van der Waals surface area contributed by atoms with Crippen LogP contribution >= 0.6 is 11.6 Å². The molecule has 2 atom stereocenters. The molecule has 7 nitrogen and oxygen atoms in total. The number of halogens is 1. The van der Waals surface area contributed by atoms with Crippen LogP contribution in [0.3, 0.4) is 0 Å². The van der Waals surface area contributed by atoms with Gasteiger partial charge in [0.1, 0.15) is 0 Å². The fraction of sp³-hybridized carbons (Fsp3) is 0.750. The Morgan fingerprint density at radius 3 is 2.33 bits per heavy atom. The first kappa shape index (κ1) is 24.9. The molecule has 1 aromatic rings. The summed E-state index contributed by atoms with van der Waals surface area (Å²) in [6, 6.07) is 0. The first-order chi connectivity index (χ1) is 16.0. The van der Waals surface area contributed by atoms with Gasteiger partial charge in [0.15, 0.2) is 0 Å². The normalized spacial score (nSPS) is 25.3. The van der Waals surface area contributed by atoms with E-state index in [9.17, 15) is 8.42 Å². The van der Waals surface area contributed by atoms with Crippen LogP contribution in [0.15, 0.2) is 24.5 Å². The maximum Gasteiger partial charge on any atom is 0.225 e. The molecule has 3 aliphatic rings. The van der Waals surface area contributed by atoms with Gasteiger partial charge in [0.05, 0.1) is 29.8 Å². The molecule has 33 heavy (non-hydrogen) atoms. The fourth-order valence-corrected chi connectivity index (χ4v) is 6.98. The van der Waals surface area contributed by atoms with Gasteiger partial charge in [-0.05, 0) is 49.9 Å². The van der Waals surface area contributed by atoms with Gasteiger partial charge in [-0.1, -0.05) is 37.1 Å². The molecule has 184 valence electrons. The predicted molar refractivity (Wildman–Crippen MR) is 132 cm³/mol. The van der Waals surface area contributed by atoms with E-state index < -0.39 is 10.0 Å². The third-order valence-electron chi connectivity index (χ3n) is 7.43. The molecule has 3 heterocycles. The van der Waals surface area contributed by atoms with Gasteiger partial charge in [0.25, 0.3) is 0 Å². The highest BCUT2D eigenvalue weighted by Gasteiger charge is 2.35. The van der Waals surface area contributed by atoms with Gasteiger partial charge in [0, 0.05) is 38.7 Å². The topological polar surface area (TPSA) is 75.6 Å². The van der Waals surface area contributed by atoms with Gasteiger partial charge in [0.2, 0.25) is 16.0 Å². The predicted octanol–water partition coefficient (Wildman–Crippen LogP) is 4.01. The van der Waals surface area contributed by atoms with E-state index in [1.165, 1.54) is 0 Å². The molecule has 0 spiro atoms. The molecule has 0 unspecified atom stereocenters. The van der Waals surface area contributed by atoms with Crippen molar-refractivity contribution in [1.29, 1.82) is 0 Å². The Bertz CT molecular complexity index is 879. The van der Waals surface area contributed by atoms with Crippen LogP contribution in [-0.2, 0) is 14.8 Å². The highest BCUT2D eigenvalue weighted by molar-refractivity contribution is 7.89. The van der Waals surface area contributed by atoms with Crippen molar-refractivity contribution < 1.29 is 13.2 Å². The second-order valence-corrected chi connectivity index (χ2v) is 12.2. The molecule has 0 amide bonds. The second kappa shape index (κ2) is 11.5. The van der Waals surface area contributed by atoms with Crippen LogP contribution in [0.2, 0.25) is 5.02 Å². The lowest BCUT2D eigenvalue weighted by Gasteiger charge is -2.41. The molecule has 4 rings (SSSR count). The third kappa shape index (κ3) is 6.47. The summed E-state index contributed by atoms with van der Waals surface area (Å²) in [7, 11) is -3.07. The van der Waals surface area contributed by atoms with E-state index in [1.54, 1.807) is 16.7 Å². The summed E-state index contributed by atoms with van der Waals surface area (Å²) in [5.41, 5.74) is 0. The van der Waals surface area contributed by atoms with Crippen LogP contribution < -0.4 is 4.90 Å². The number of unbranched alkanes of at least 4 members (excludes halogenated alkanes) is 1. The average molecular weight is 497 g/mol. The number of ether oxygens (including phenoxy) is 1. The van der Waals surface area contributed by atoms with E-state index in [-0.39, 0.29) is 5.75 Å². The molecular formula is C24H37ClN4O3S. The fourth-order valence-electron chi connectivity index (χ4n) is 5.20. The molecular weight excluding hydrogens is 460 g/mol. The second-order valence-electron chi connectivity index (χ2n) is 9.70. The lowest BCUT2D eigenvalue weighted by Crippen LogP contribution is -2.41. The number of rotatable bonds is 10. The zero-order valence-electron chi connectivity index (χ0n) is 19.6. The summed E-state index contributed by atoms with van der Waals surface area (Å²) in [4.78, 5) is 10.9. The number of nitrogens with zero attached hydrogens (tertiary/aromatic N) is 4. The molecule has 0 radical (unpaired) electrons. The van der Waals surface area contributed by atoms with Gasteiger partial charge in [-0.3, -0.25) is 0 Å². The summed E-state index contributed by atoms with van der Waals surface area (Å²) >= 11 is 5.90. The van der Waals surface area contributed by atoms with Crippen LogP contribution in [0.4, 0.5) is 5.95 Å². The van der Waals surface area contributed by atoms with Crippen LogP contribution in [0.5, 0.6) is 0 Å². The maximum atomic E-state index is 12.4. The third-order valence-corrected chi connectivity index (χ3v) is 9.59. The number of allylic oxidation sites excluding steroid dienone is 1. The Balaban J connectivity index is 1.14. The van der Waals surface area contributed by atoms with Crippen molar-refractivity contribution in [3.05, 3.63) is 29.6 Å².